The molecule has 0 radical (unpaired) electrons. The fourth-order valence-electron chi connectivity index (χ4n) is 6.33. The van der Waals surface area contributed by atoms with Crippen molar-refractivity contribution in [2.24, 2.45) is 0 Å². The Balaban J connectivity index is 4.38. The Labute approximate surface area is 384 Å². The first-order valence-corrected chi connectivity index (χ1v) is 24.1. The second kappa shape index (κ2) is 44.3. The largest absolute Gasteiger partial charge is 0.544 e. The second-order valence-corrected chi connectivity index (χ2v) is 16.7. The molecule has 0 bridgehead atoms. The molecule has 0 fully saturated rings. The van der Waals surface area contributed by atoms with Crippen LogP contribution in [0.2, 0.25) is 0 Å². The molecule has 0 heterocycles. The number of unbranched alkanes of at least 4 members (excludes halogenated alkanes) is 12. The molecule has 8 nitrogen and oxygen atoms in total. The van der Waals surface area contributed by atoms with E-state index in [4.69, 9.17) is 14.2 Å². The minimum absolute atomic E-state index is 0.0118. The smallest absolute Gasteiger partial charge is 0.306 e. The van der Waals surface area contributed by atoms with Gasteiger partial charge in [0.25, 0.3) is 0 Å². The predicted molar refractivity (Wildman–Crippen MR) is 263 cm³/mol. The van der Waals surface area contributed by atoms with Gasteiger partial charge in [0.15, 0.2) is 6.10 Å². The van der Waals surface area contributed by atoms with Crippen molar-refractivity contribution in [1.82, 2.24) is 0 Å². The van der Waals surface area contributed by atoms with Crippen LogP contribution >= 0.6 is 0 Å². The highest BCUT2D eigenvalue weighted by molar-refractivity contribution is 5.70. The van der Waals surface area contributed by atoms with Crippen molar-refractivity contribution in [2.75, 3.05) is 41.0 Å². The third-order valence-corrected chi connectivity index (χ3v) is 10.0. The molecular formula is C55H87NO7. The van der Waals surface area contributed by atoms with Gasteiger partial charge in [-0.05, 0) is 70.6 Å². The molecule has 0 saturated heterocycles. The summed E-state index contributed by atoms with van der Waals surface area (Å²) >= 11 is 0. The second-order valence-electron chi connectivity index (χ2n) is 16.7. The molecule has 0 spiro atoms. The standard InChI is InChI=1S/C55H87NO7/c1-6-8-10-12-14-16-18-20-22-24-25-26-27-28-30-31-33-35-37-39-41-43-45-53(57)62-50-51(49-61-48-47-52(55(59)60)56(3,4)5)63-54(58)46-44-42-40-38-36-34-32-29-23-21-19-17-15-13-11-9-7-2/h8-11,13-17,19-23,25-26,29,32,34,36,51-52H,6-7,12,18,24,27-28,30-31,33,35,37-50H2,1-5H3/b10-8+,11-9+,15-13+,16-14+,19-17+,22-20+,23-21+,26-25+,32-29+,36-34+. The highest BCUT2D eigenvalue weighted by atomic mass is 16.6. The van der Waals surface area contributed by atoms with Crippen LogP contribution in [-0.4, -0.2) is 75.5 Å². The Morgan fingerprint density at radius 3 is 1.44 bits per heavy atom. The third-order valence-electron chi connectivity index (χ3n) is 10.0. The number of esters is 2. The fourth-order valence-corrected chi connectivity index (χ4v) is 6.33. The van der Waals surface area contributed by atoms with E-state index < -0.39 is 18.1 Å². The van der Waals surface area contributed by atoms with E-state index in [1.54, 1.807) is 21.1 Å². The van der Waals surface area contributed by atoms with Crippen molar-refractivity contribution in [3.8, 4) is 0 Å². The maximum atomic E-state index is 12.7. The maximum absolute atomic E-state index is 12.7. The minimum atomic E-state index is -1.14. The van der Waals surface area contributed by atoms with Crippen LogP contribution in [0.25, 0.3) is 0 Å². The van der Waals surface area contributed by atoms with E-state index in [0.717, 1.165) is 77.0 Å². The number of quaternary nitrogens is 1. The lowest BCUT2D eigenvalue weighted by atomic mass is 10.1. The molecule has 8 heteroatoms. The van der Waals surface area contributed by atoms with Gasteiger partial charge in [0, 0.05) is 19.3 Å². The summed E-state index contributed by atoms with van der Waals surface area (Å²) in [5, 5.41) is 11.7. The first kappa shape index (κ1) is 58.7. The van der Waals surface area contributed by atoms with Gasteiger partial charge in [-0.15, -0.1) is 0 Å². The lowest BCUT2D eigenvalue weighted by Gasteiger charge is -2.34. The van der Waals surface area contributed by atoms with Crippen molar-refractivity contribution >= 4 is 17.9 Å². The third kappa shape index (κ3) is 42.8. The van der Waals surface area contributed by atoms with Crippen LogP contribution in [0.15, 0.2) is 122 Å². The Hall–Kier alpha value is -4.27. The molecule has 0 aromatic rings. The van der Waals surface area contributed by atoms with Crippen LogP contribution in [-0.2, 0) is 28.6 Å². The summed E-state index contributed by atoms with van der Waals surface area (Å²) < 4.78 is 17.2. The monoisotopic (exact) mass is 874 g/mol. The van der Waals surface area contributed by atoms with Gasteiger partial charge in [-0.1, -0.05) is 187 Å². The van der Waals surface area contributed by atoms with Crippen molar-refractivity contribution in [2.45, 2.75) is 167 Å². The van der Waals surface area contributed by atoms with Gasteiger partial charge in [-0.3, -0.25) is 9.59 Å². The SMILES string of the molecule is CC/C=C/C=C/C=C/C=C/C=C/C=C/CCCCCC(=O)OC(COCCC(C(=O)[O-])[N+](C)(C)C)COC(=O)CCCCCCCCCCC/C=C/C/C=C/C/C=C/C/C=C/CC. The maximum Gasteiger partial charge on any atom is 0.306 e. The van der Waals surface area contributed by atoms with Gasteiger partial charge in [0.05, 0.1) is 40.3 Å². The molecule has 0 saturated carbocycles. The topological polar surface area (TPSA) is 102 Å². The summed E-state index contributed by atoms with van der Waals surface area (Å²) in [5.41, 5.74) is 0. The van der Waals surface area contributed by atoms with Crippen molar-refractivity contribution in [1.29, 1.82) is 0 Å². The van der Waals surface area contributed by atoms with Crippen LogP contribution < -0.4 is 5.11 Å². The summed E-state index contributed by atoms with van der Waals surface area (Å²) in [7, 11) is 5.38. The molecule has 2 atom stereocenters. The van der Waals surface area contributed by atoms with E-state index >= 15 is 0 Å². The summed E-state index contributed by atoms with van der Waals surface area (Å²) in [5.74, 6) is -1.82. The van der Waals surface area contributed by atoms with Gasteiger partial charge >= 0.3 is 11.9 Å². The number of aliphatic carboxylic acids is 1. The van der Waals surface area contributed by atoms with Crippen LogP contribution in [0.3, 0.4) is 0 Å². The lowest BCUT2D eigenvalue weighted by molar-refractivity contribution is -0.889. The molecule has 354 valence electrons. The number of hydrogen-bond acceptors (Lipinski definition) is 7. The number of carbonyl (C=O) groups excluding carboxylic acids is 3. The van der Waals surface area contributed by atoms with Gasteiger partial charge in [0.2, 0.25) is 0 Å². The van der Waals surface area contributed by atoms with Crippen molar-refractivity contribution in [3.63, 3.8) is 0 Å². The molecule has 2 unspecified atom stereocenters. The van der Waals surface area contributed by atoms with Crippen LogP contribution in [0.4, 0.5) is 0 Å². The van der Waals surface area contributed by atoms with Crippen LogP contribution in [0, 0.1) is 0 Å². The number of likely N-dealkylation sites (N-methyl/N-ethyl adjacent to an activating group) is 1. The molecule has 0 rings (SSSR count). The minimum Gasteiger partial charge on any atom is -0.544 e. The number of rotatable bonds is 41. The Bertz CT molecular complexity index is 1440. The van der Waals surface area contributed by atoms with Gasteiger partial charge < -0.3 is 28.6 Å². The number of carbonyl (C=O) groups is 3. The zero-order valence-corrected chi connectivity index (χ0v) is 40.2. The molecule has 0 aliphatic heterocycles. The molecule has 0 aliphatic rings. The molecule has 0 aromatic carbocycles. The zero-order chi connectivity index (χ0) is 46.3. The van der Waals surface area contributed by atoms with E-state index in [2.05, 4.69) is 74.6 Å². The summed E-state index contributed by atoms with van der Waals surface area (Å²) in [6, 6.07) is -0.744. The number of ether oxygens (including phenoxy) is 3. The highest BCUT2D eigenvalue weighted by Crippen LogP contribution is 2.13. The number of carboxylic acid groups (broad SMARTS) is 1. The average molecular weight is 874 g/mol. The highest BCUT2D eigenvalue weighted by Gasteiger charge is 2.25. The number of carboxylic acids is 1. The first-order chi connectivity index (χ1) is 30.6. The molecule has 0 aliphatic carbocycles. The Morgan fingerprint density at radius 2 is 0.921 bits per heavy atom. The molecular weight excluding hydrogens is 787 g/mol. The van der Waals surface area contributed by atoms with Gasteiger partial charge in [-0.2, -0.15) is 0 Å². The normalized spacial score (nSPS) is 14.0. The zero-order valence-electron chi connectivity index (χ0n) is 40.2. The van der Waals surface area contributed by atoms with E-state index in [-0.39, 0.29) is 49.1 Å². The Kier molecular flexibility index (Phi) is 41.3. The summed E-state index contributed by atoms with van der Waals surface area (Å²) in [4.78, 5) is 37.0. The van der Waals surface area contributed by atoms with Gasteiger partial charge in [-0.25, -0.2) is 0 Å². The van der Waals surface area contributed by atoms with Crippen molar-refractivity contribution < 1.29 is 38.2 Å². The molecule has 0 aromatic heterocycles. The van der Waals surface area contributed by atoms with Crippen LogP contribution in [0.1, 0.15) is 155 Å². The average Bonchev–Trinajstić information content (AvgIpc) is 3.24. The molecule has 63 heavy (non-hydrogen) atoms. The van der Waals surface area contributed by atoms with Crippen LogP contribution in [0.5, 0.6) is 0 Å². The molecule has 0 N–H and O–H groups in total. The first-order valence-electron chi connectivity index (χ1n) is 24.1. The number of nitrogens with zero attached hydrogens (tertiary/aromatic N) is 1. The van der Waals surface area contributed by atoms with E-state index in [0.29, 0.717) is 12.8 Å². The van der Waals surface area contributed by atoms with E-state index in [1.807, 2.05) is 60.8 Å². The number of hydrogen-bond donors (Lipinski definition) is 0. The predicted octanol–water partition coefficient (Wildman–Crippen LogP) is 12.5. The van der Waals surface area contributed by atoms with E-state index in [1.165, 1.54) is 38.5 Å². The van der Waals surface area contributed by atoms with Gasteiger partial charge in [0.1, 0.15) is 12.6 Å². The molecule has 0 amide bonds. The van der Waals surface area contributed by atoms with Crippen molar-refractivity contribution in [3.05, 3.63) is 122 Å². The summed E-state index contributed by atoms with van der Waals surface area (Å²) in [6.45, 7) is 4.33. The van der Waals surface area contributed by atoms with E-state index in [9.17, 15) is 19.5 Å². The fraction of sp³-hybridized carbons (Fsp3) is 0.582. The Morgan fingerprint density at radius 1 is 0.492 bits per heavy atom. The quantitative estimate of drug-likeness (QED) is 0.0198. The summed E-state index contributed by atoms with van der Waals surface area (Å²) in [6.07, 6.45) is 62.2. The lowest BCUT2D eigenvalue weighted by Crippen LogP contribution is -2.55. The number of allylic oxidation sites excluding steroid dienone is 20.